The number of carbonyl (C=O) groups excluding carboxylic acids is 1. The van der Waals surface area contributed by atoms with Crippen molar-refractivity contribution >= 4 is 5.91 Å². The number of benzene rings is 1. The van der Waals surface area contributed by atoms with Crippen LogP contribution in [0.3, 0.4) is 0 Å². The van der Waals surface area contributed by atoms with Gasteiger partial charge in [-0.2, -0.15) is 0 Å². The fraction of sp³-hybridized carbons (Fsp3) is 0.368. The third kappa shape index (κ3) is 3.92. The molecule has 5 nitrogen and oxygen atoms in total. The number of H-pyrrole nitrogens is 1. The highest BCUT2D eigenvalue weighted by Crippen LogP contribution is 2.23. The number of aliphatic hydroxyl groups excluding tert-OH is 1. The average Bonchev–Trinajstić information content (AvgIpc) is 2.62. The van der Waals surface area contributed by atoms with Crippen molar-refractivity contribution in [2.24, 2.45) is 5.92 Å². The molecule has 1 aliphatic rings. The first kappa shape index (κ1) is 16.5. The van der Waals surface area contributed by atoms with E-state index in [2.05, 4.69) is 4.98 Å². The van der Waals surface area contributed by atoms with Crippen LogP contribution >= 0.6 is 0 Å². The highest BCUT2D eigenvalue weighted by molar-refractivity contribution is 5.92. The van der Waals surface area contributed by atoms with Gasteiger partial charge in [-0.3, -0.25) is 9.59 Å². The maximum absolute atomic E-state index is 12.4. The first-order valence-corrected chi connectivity index (χ1v) is 8.34. The maximum atomic E-state index is 12.4. The molecule has 1 fully saturated rings. The van der Waals surface area contributed by atoms with Crippen molar-refractivity contribution in [1.29, 1.82) is 0 Å². The van der Waals surface area contributed by atoms with Gasteiger partial charge in [-0.1, -0.05) is 36.4 Å². The molecule has 1 atom stereocenters. The number of aromatic nitrogens is 1. The number of aliphatic hydroxyl groups is 1. The number of hydrogen-bond donors (Lipinski definition) is 2. The average molecular weight is 326 g/mol. The largest absolute Gasteiger partial charge is 0.392 e. The van der Waals surface area contributed by atoms with Crippen molar-refractivity contribution in [2.75, 3.05) is 13.1 Å². The van der Waals surface area contributed by atoms with Gasteiger partial charge in [0.1, 0.15) is 5.69 Å². The molecule has 0 spiro atoms. The molecule has 2 heterocycles. The third-order valence-electron chi connectivity index (χ3n) is 4.66. The van der Waals surface area contributed by atoms with Gasteiger partial charge < -0.3 is 15.0 Å². The first-order chi connectivity index (χ1) is 11.6. The summed E-state index contributed by atoms with van der Waals surface area (Å²) < 4.78 is 0. The predicted octanol–water partition coefficient (Wildman–Crippen LogP) is 1.83. The fourth-order valence-electron chi connectivity index (χ4n) is 3.25. The summed E-state index contributed by atoms with van der Waals surface area (Å²) in [6.45, 7) is 1.21. The number of likely N-dealkylation sites (tertiary alicyclic amines) is 1. The molecule has 2 N–H and O–H groups in total. The number of hydrogen-bond acceptors (Lipinski definition) is 3. The van der Waals surface area contributed by atoms with E-state index in [-0.39, 0.29) is 23.5 Å². The standard InChI is InChI=1S/C19H22N2O3/c22-17(13-14-5-2-1-3-6-14)15-9-11-21(12-10-15)19(24)16-7-4-8-18(23)20-16/h1-8,15,17,22H,9-13H2,(H,20,23)/t17-/m0/s1. The minimum absolute atomic E-state index is 0.149. The van der Waals surface area contributed by atoms with E-state index in [1.165, 1.54) is 6.07 Å². The minimum atomic E-state index is -0.388. The highest BCUT2D eigenvalue weighted by Gasteiger charge is 2.28. The molecular formula is C19H22N2O3. The molecule has 1 aliphatic heterocycles. The lowest BCUT2D eigenvalue weighted by atomic mass is 9.88. The van der Waals surface area contributed by atoms with E-state index in [4.69, 9.17) is 0 Å². The van der Waals surface area contributed by atoms with Crippen LogP contribution in [0.15, 0.2) is 53.3 Å². The number of carbonyl (C=O) groups is 1. The van der Waals surface area contributed by atoms with Crippen molar-refractivity contribution in [3.8, 4) is 0 Å². The number of piperidine rings is 1. The number of nitrogens with zero attached hydrogens (tertiary/aromatic N) is 1. The molecule has 0 radical (unpaired) electrons. The van der Waals surface area contributed by atoms with Gasteiger partial charge in [-0.15, -0.1) is 0 Å². The van der Waals surface area contributed by atoms with Crippen molar-refractivity contribution in [3.63, 3.8) is 0 Å². The highest BCUT2D eigenvalue weighted by atomic mass is 16.3. The van der Waals surface area contributed by atoms with Crippen LogP contribution in [-0.2, 0) is 6.42 Å². The fourth-order valence-corrected chi connectivity index (χ4v) is 3.25. The molecule has 1 aromatic heterocycles. The molecule has 0 bridgehead atoms. The Kier molecular flexibility index (Phi) is 5.11. The van der Waals surface area contributed by atoms with Crippen molar-refractivity contribution < 1.29 is 9.90 Å². The quantitative estimate of drug-likeness (QED) is 0.900. The monoisotopic (exact) mass is 326 g/mol. The molecule has 0 unspecified atom stereocenters. The summed E-state index contributed by atoms with van der Waals surface area (Å²) in [5.41, 5.74) is 1.19. The molecule has 1 saturated heterocycles. The molecular weight excluding hydrogens is 304 g/mol. The maximum Gasteiger partial charge on any atom is 0.270 e. The van der Waals surface area contributed by atoms with E-state index >= 15 is 0 Å². The van der Waals surface area contributed by atoms with Crippen LogP contribution in [0.1, 0.15) is 28.9 Å². The number of aromatic amines is 1. The summed E-state index contributed by atoms with van der Waals surface area (Å²) >= 11 is 0. The summed E-state index contributed by atoms with van der Waals surface area (Å²) in [7, 11) is 0. The summed E-state index contributed by atoms with van der Waals surface area (Å²) in [5, 5.41) is 10.5. The van der Waals surface area contributed by atoms with E-state index in [0.29, 0.717) is 25.2 Å². The lowest BCUT2D eigenvalue weighted by molar-refractivity contribution is 0.0463. The Labute approximate surface area is 140 Å². The van der Waals surface area contributed by atoms with Crippen LogP contribution in [0, 0.1) is 5.92 Å². The summed E-state index contributed by atoms with van der Waals surface area (Å²) in [6, 6.07) is 14.6. The molecule has 1 aromatic carbocycles. The predicted molar refractivity (Wildman–Crippen MR) is 91.8 cm³/mol. The van der Waals surface area contributed by atoms with Crippen LogP contribution in [0.4, 0.5) is 0 Å². The summed E-state index contributed by atoms with van der Waals surface area (Å²) in [6.07, 6.45) is 1.81. The molecule has 3 rings (SSSR count). The molecule has 5 heteroatoms. The van der Waals surface area contributed by atoms with Gasteiger partial charge in [0.2, 0.25) is 5.56 Å². The summed E-state index contributed by atoms with van der Waals surface area (Å²) in [5.74, 6) is 0.0489. The number of pyridine rings is 1. The number of nitrogens with one attached hydrogen (secondary N) is 1. The third-order valence-corrected chi connectivity index (χ3v) is 4.66. The van der Waals surface area contributed by atoms with E-state index < -0.39 is 0 Å². The van der Waals surface area contributed by atoms with E-state index in [0.717, 1.165) is 18.4 Å². The molecule has 0 saturated carbocycles. The van der Waals surface area contributed by atoms with Crippen LogP contribution < -0.4 is 5.56 Å². The topological polar surface area (TPSA) is 73.4 Å². The van der Waals surface area contributed by atoms with Crippen LogP contribution in [-0.4, -0.2) is 40.1 Å². The lowest BCUT2D eigenvalue weighted by Crippen LogP contribution is -2.42. The van der Waals surface area contributed by atoms with Gasteiger partial charge in [0.05, 0.1) is 6.10 Å². The van der Waals surface area contributed by atoms with Crippen LogP contribution in [0.25, 0.3) is 0 Å². The van der Waals surface area contributed by atoms with Gasteiger partial charge >= 0.3 is 0 Å². The number of amides is 1. The Morgan fingerprint density at radius 1 is 1.12 bits per heavy atom. The zero-order valence-electron chi connectivity index (χ0n) is 13.5. The SMILES string of the molecule is O=C(c1cccc(=O)[nH]1)N1CCC([C@@H](O)Cc2ccccc2)CC1. The van der Waals surface area contributed by atoms with Gasteiger partial charge in [0, 0.05) is 19.2 Å². The first-order valence-electron chi connectivity index (χ1n) is 8.34. The van der Waals surface area contributed by atoms with Gasteiger partial charge in [0.15, 0.2) is 0 Å². The minimum Gasteiger partial charge on any atom is -0.392 e. The van der Waals surface area contributed by atoms with Crippen molar-refractivity contribution in [2.45, 2.75) is 25.4 Å². The molecule has 24 heavy (non-hydrogen) atoms. The second-order valence-electron chi connectivity index (χ2n) is 6.32. The second-order valence-corrected chi connectivity index (χ2v) is 6.32. The Bertz CT molecular complexity index is 734. The van der Waals surface area contributed by atoms with E-state index in [1.54, 1.807) is 17.0 Å². The Morgan fingerprint density at radius 2 is 1.83 bits per heavy atom. The smallest absolute Gasteiger partial charge is 0.270 e. The zero-order chi connectivity index (χ0) is 16.9. The van der Waals surface area contributed by atoms with Crippen molar-refractivity contribution in [3.05, 3.63) is 70.1 Å². The second kappa shape index (κ2) is 7.45. The van der Waals surface area contributed by atoms with Crippen LogP contribution in [0.2, 0.25) is 0 Å². The van der Waals surface area contributed by atoms with Gasteiger partial charge in [-0.25, -0.2) is 0 Å². The Balaban J connectivity index is 1.55. The van der Waals surface area contributed by atoms with Crippen molar-refractivity contribution in [1.82, 2.24) is 9.88 Å². The van der Waals surface area contributed by atoms with E-state index in [9.17, 15) is 14.7 Å². The Morgan fingerprint density at radius 3 is 2.50 bits per heavy atom. The zero-order valence-corrected chi connectivity index (χ0v) is 13.5. The van der Waals surface area contributed by atoms with E-state index in [1.807, 2.05) is 30.3 Å². The normalized spacial score (nSPS) is 16.8. The molecule has 126 valence electrons. The van der Waals surface area contributed by atoms with Crippen LogP contribution in [0.5, 0.6) is 0 Å². The Hall–Kier alpha value is -2.40. The molecule has 1 amide bonds. The lowest BCUT2D eigenvalue weighted by Gasteiger charge is -2.34. The molecule has 2 aromatic rings. The summed E-state index contributed by atoms with van der Waals surface area (Å²) in [4.78, 5) is 28.1. The molecule has 0 aliphatic carbocycles. The van der Waals surface area contributed by atoms with Gasteiger partial charge in [0.25, 0.3) is 5.91 Å². The van der Waals surface area contributed by atoms with Gasteiger partial charge in [-0.05, 0) is 36.8 Å². The number of rotatable bonds is 4.